The quantitative estimate of drug-likeness (QED) is 0.336. The fourth-order valence-electron chi connectivity index (χ4n) is 4.43. The van der Waals surface area contributed by atoms with Crippen molar-refractivity contribution in [2.75, 3.05) is 0 Å². The first-order valence-corrected chi connectivity index (χ1v) is 17.0. The number of aryl methyl sites for hydroxylation is 2. The molecule has 0 radical (unpaired) electrons. The molecule has 32 heavy (non-hydrogen) atoms. The summed E-state index contributed by atoms with van der Waals surface area (Å²) in [5.74, 6) is 1.01. The van der Waals surface area contributed by atoms with E-state index in [1.807, 2.05) is 0 Å². The van der Waals surface area contributed by atoms with Gasteiger partial charge in [0, 0.05) is 0 Å². The Morgan fingerprint density at radius 1 is 0.781 bits per heavy atom. The Morgan fingerprint density at radius 3 is 1.81 bits per heavy atom. The molecule has 0 N–H and O–H groups in total. The molecule has 0 unspecified atom stereocenters. The van der Waals surface area contributed by atoms with E-state index in [4.69, 9.17) is 3.32 Å². The summed E-state index contributed by atoms with van der Waals surface area (Å²) in [5.41, 5.74) is 5.07. The Bertz CT molecular complexity index is 1140. The Balaban J connectivity index is 2.03. The average molecular weight is 473 g/mol. The average Bonchev–Trinajstić information content (AvgIpc) is 3.25. The molecule has 0 fully saturated rings. The zero-order valence-corrected chi connectivity index (χ0v) is 22.3. The summed E-state index contributed by atoms with van der Waals surface area (Å²) >= 11 is -2.39. The Hall–Kier alpha value is -2.26. The maximum absolute atomic E-state index is 7.11. The number of rotatable bonds is 6. The van der Waals surface area contributed by atoms with Crippen molar-refractivity contribution in [2.24, 2.45) is 0 Å². The summed E-state index contributed by atoms with van der Waals surface area (Å²) in [7, 11) is -1.50. The van der Waals surface area contributed by atoms with Gasteiger partial charge in [-0.1, -0.05) is 0 Å². The van der Waals surface area contributed by atoms with E-state index in [1.54, 1.807) is 9.07 Å². The second-order valence-electron chi connectivity index (χ2n) is 9.61. The molecule has 1 nitrogen and oxygen atoms in total. The first-order valence-electron chi connectivity index (χ1n) is 11.3. The molecule has 3 aromatic rings. The normalized spacial score (nSPS) is 13.4. The van der Waals surface area contributed by atoms with Gasteiger partial charge in [-0.3, -0.25) is 0 Å². The van der Waals surface area contributed by atoms with E-state index in [0.717, 1.165) is 12.2 Å². The number of allylic oxidation sites excluding steroid dienone is 4. The third-order valence-corrected chi connectivity index (χ3v) is 12.1. The molecule has 0 aliphatic heterocycles. The van der Waals surface area contributed by atoms with E-state index in [1.165, 1.54) is 26.1 Å². The van der Waals surface area contributed by atoms with Crippen LogP contribution in [-0.4, -0.2) is 11.9 Å². The van der Waals surface area contributed by atoms with Gasteiger partial charge in [0.1, 0.15) is 0 Å². The van der Waals surface area contributed by atoms with Crippen molar-refractivity contribution in [3.05, 3.63) is 122 Å². The molecule has 3 aromatic carbocycles. The van der Waals surface area contributed by atoms with Crippen molar-refractivity contribution in [1.82, 2.24) is 0 Å². The SMILES string of the molecule is Cc1cc(C)cc([O][Ti]([C]2=C([Si](C)(C)C)C=CC2)=[C](c2ccccc2)c2ccccc2)c1. The molecule has 162 valence electrons. The number of hydrogen-bond donors (Lipinski definition) is 0. The van der Waals surface area contributed by atoms with Gasteiger partial charge in [-0.2, -0.15) is 0 Å². The van der Waals surface area contributed by atoms with Gasteiger partial charge in [-0.25, -0.2) is 0 Å². The second kappa shape index (κ2) is 9.70. The molecule has 0 aromatic heterocycles. The van der Waals surface area contributed by atoms with Crippen molar-refractivity contribution in [3.8, 4) is 5.75 Å². The topological polar surface area (TPSA) is 9.23 Å². The first-order chi connectivity index (χ1) is 15.3. The minimum absolute atomic E-state index is 1.01. The molecule has 0 spiro atoms. The van der Waals surface area contributed by atoms with E-state index >= 15 is 0 Å². The first kappa shape index (κ1) is 22.9. The van der Waals surface area contributed by atoms with Gasteiger partial charge < -0.3 is 0 Å². The van der Waals surface area contributed by atoms with Crippen molar-refractivity contribution < 1.29 is 21.1 Å². The van der Waals surface area contributed by atoms with Gasteiger partial charge in [0.25, 0.3) is 0 Å². The molecule has 4 rings (SSSR count). The summed E-state index contributed by atoms with van der Waals surface area (Å²) in [6, 6.07) is 28.4. The van der Waals surface area contributed by atoms with Crippen molar-refractivity contribution in [1.29, 1.82) is 0 Å². The predicted molar refractivity (Wildman–Crippen MR) is 137 cm³/mol. The van der Waals surface area contributed by atoms with Crippen LogP contribution >= 0.6 is 0 Å². The Kier molecular flexibility index (Phi) is 6.95. The molecule has 3 heteroatoms. The molecular formula is C29H32OSiTi. The van der Waals surface area contributed by atoms with Crippen LogP contribution in [0.3, 0.4) is 0 Å². The van der Waals surface area contributed by atoms with Crippen LogP contribution in [-0.2, 0) is 17.8 Å². The van der Waals surface area contributed by atoms with Crippen LogP contribution in [0.25, 0.3) is 0 Å². The van der Waals surface area contributed by atoms with Crippen molar-refractivity contribution in [2.45, 2.75) is 39.9 Å². The molecule has 1 aliphatic rings. The van der Waals surface area contributed by atoms with Gasteiger partial charge in [0.05, 0.1) is 0 Å². The summed E-state index contributed by atoms with van der Waals surface area (Å²) in [6.45, 7) is 11.7. The van der Waals surface area contributed by atoms with E-state index in [0.29, 0.717) is 0 Å². The zero-order chi connectivity index (χ0) is 22.7. The number of hydrogen-bond acceptors (Lipinski definition) is 1. The van der Waals surface area contributed by atoms with Gasteiger partial charge in [-0.05, 0) is 0 Å². The van der Waals surface area contributed by atoms with Crippen LogP contribution in [0.2, 0.25) is 19.6 Å². The molecule has 0 saturated heterocycles. The summed E-state index contributed by atoms with van der Waals surface area (Å²) in [5, 5.41) is 1.58. The maximum atomic E-state index is 7.11. The molecule has 0 atom stereocenters. The van der Waals surface area contributed by atoms with E-state index in [9.17, 15) is 0 Å². The third-order valence-electron chi connectivity index (χ3n) is 5.78. The van der Waals surface area contributed by atoms with Gasteiger partial charge in [0.15, 0.2) is 0 Å². The van der Waals surface area contributed by atoms with Crippen molar-refractivity contribution in [3.63, 3.8) is 0 Å². The van der Waals surface area contributed by atoms with Gasteiger partial charge >= 0.3 is 201 Å². The second-order valence-corrected chi connectivity index (χ2v) is 17.7. The monoisotopic (exact) mass is 472 g/mol. The molecule has 1 aliphatic carbocycles. The van der Waals surface area contributed by atoms with E-state index < -0.39 is 25.9 Å². The van der Waals surface area contributed by atoms with Crippen LogP contribution in [0.1, 0.15) is 28.7 Å². The molecular weight excluding hydrogens is 440 g/mol. The van der Waals surface area contributed by atoms with Crippen LogP contribution in [0.15, 0.2) is 100 Å². The van der Waals surface area contributed by atoms with E-state index in [2.05, 4.69) is 125 Å². The Labute approximate surface area is 200 Å². The fourth-order valence-corrected chi connectivity index (χ4v) is 12.0. The zero-order valence-electron chi connectivity index (χ0n) is 19.8. The molecule has 0 bridgehead atoms. The van der Waals surface area contributed by atoms with Crippen LogP contribution < -0.4 is 3.32 Å². The summed E-state index contributed by atoms with van der Waals surface area (Å²) < 4.78 is 10.1. The summed E-state index contributed by atoms with van der Waals surface area (Å²) in [6.07, 6.45) is 5.77. The van der Waals surface area contributed by atoms with Gasteiger partial charge in [0.2, 0.25) is 0 Å². The summed E-state index contributed by atoms with van der Waals surface area (Å²) in [4.78, 5) is 0. The van der Waals surface area contributed by atoms with Crippen molar-refractivity contribution >= 4 is 11.9 Å². The Morgan fingerprint density at radius 2 is 1.31 bits per heavy atom. The molecule has 0 amide bonds. The van der Waals surface area contributed by atoms with Crippen LogP contribution in [0.5, 0.6) is 5.75 Å². The third kappa shape index (κ3) is 5.20. The number of benzene rings is 3. The molecule has 0 heterocycles. The molecule has 0 saturated carbocycles. The van der Waals surface area contributed by atoms with E-state index in [-0.39, 0.29) is 0 Å². The van der Waals surface area contributed by atoms with Gasteiger partial charge in [-0.15, -0.1) is 0 Å². The predicted octanol–water partition coefficient (Wildman–Crippen LogP) is 7.58. The van der Waals surface area contributed by atoms with Crippen LogP contribution in [0, 0.1) is 13.8 Å². The fraction of sp³-hybridized carbons (Fsp3) is 0.207. The van der Waals surface area contributed by atoms with Crippen LogP contribution in [0.4, 0.5) is 0 Å². The standard InChI is InChI=1S/C13H10.C8H10O.C8H13Si.Ti/c1-3-7-12(8-4-1)11-13-9-5-2-6-10-13;1-6-3-7(2)5-8(9)4-6;1-9(2,3)8-6-4-5-7-8;/h1-10H;3-5,9H,1-2H3;4,6H,5H2,1-3H3;/q;;;+1/p-1. The minimum atomic E-state index is -2.39.